The van der Waals surface area contributed by atoms with Crippen LogP contribution in [0.25, 0.3) is 0 Å². The molecule has 1 rings (SSSR count). The number of likely N-dealkylation sites (N-methyl/N-ethyl adjacent to an activating group) is 1. The molecule has 2 N–H and O–H groups in total. The van der Waals surface area contributed by atoms with Crippen LogP contribution in [-0.4, -0.2) is 63.2 Å². The smallest absolute Gasteiger partial charge is 0.243 e. The molecule has 6 heteroatoms. The minimum atomic E-state index is 0.0112. The number of hydrogen-bond donors (Lipinski definition) is 2. The molecule has 0 aromatic rings. The zero-order valence-corrected chi connectivity index (χ0v) is 15.2. The Morgan fingerprint density at radius 3 is 2.70 bits per heavy atom. The van der Waals surface area contributed by atoms with Gasteiger partial charge < -0.3 is 20.3 Å². The van der Waals surface area contributed by atoms with Gasteiger partial charge in [0, 0.05) is 39.9 Å². The number of rotatable bonds is 8. The highest BCUT2D eigenvalue weighted by Gasteiger charge is 2.22. The molecule has 0 bridgehead atoms. The number of aliphatic imine (C=N–C) groups is 1. The predicted octanol–water partition coefficient (Wildman–Crippen LogP) is 1.62. The second-order valence-corrected chi connectivity index (χ2v) is 6.44. The summed E-state index contributed by atoms with van der Waals surface area (Å²) in [4.78, 5) is 17.8. The van der Waals surface area contributed by atoms with Gasteiger partial charge in [-0.1, -0.05) is 19.8 Å². The predicted molar refractivity (Wildman–Crippen MR) is 94.7 cm³/mol. The summed E-state index contributed by atoms with van der Waals surface area (Å²) in [5, 5.41) is 6.85. The van der Waals surface area contributed by atoms with Crippen molar-refractivity contribution >= 4 is 11.9 Å². The molecule has 0 aromatic carbocycles. The Morgan fingerprint density at radius 1 is 1.30 bits per heavy atom. The SMILES string of the molecule is CCOCCCNC(=NCC(=O)N(C)C)NC1CCCCC1C. The number of hydrogen-bond acceptors (Lipinski definition) is 3. The zero-order valence-electron chi connectivity index (χ0n) is 15.2. The van der Waals surface area contributed by atoms with Crippen molar-refractivity contribution < 1.29 is 9.53 Å². The second kappa shape index (κ2) is 11.3. The molecule has 1 aliphatic carbocycles. The number of guanidine groups is 1. The lowest BCUT2D eigenvalue weighted by atomic mass is 9.86. The summed E-state index contributed by atoms with van der Waals surface area (Å²) in [7, 11) is 3.51. The first-order valence-electron chi connectivity index (χ1n) is 8.87. The van der Waals surface area contributed by atoms with Gasteiger partial charge in [-0.25, -0.2) is 4.99 Å². The summed E-state index contributed by atoms with van der Waals surface area (Å²) >= 11 is 0. The van der Waals surface area contributed by atoms with Gasteiger partial charge in [-0.3, -0.25) is 4.79 Å². The van der Waals surface area contributed by atoms with Gasteiger partial charge in [-0.05, 0) is 32.1 Å². The molecule has 134 valence electrons. The monoisotopic (exact) mass is 326 g/mol. The lowest BCUT2D eigenvalue weighted by Crippen LogP contribution is -2.48. The quantitative estimate of drug-likeness (QED) is 0.404. The van der Waals surface area contributed by atoms with Crippen molar-refractivity contribution in [2.45, 2.75) is 52.0 Å². The average Bonchev–Trinajstić information content (AvgIpc) is 2.53. The molecule has 1 fully saturated rings. The van der Waals surface area contributed by atoms with Crippen LogP contribution < -0.4 is 10.6 Å². The molecular formula is C17H34N4O2. The minimum Gasteiger partial charge on any atom is -0.382 e. The van der Waals surface area contributed by atoms with Crippen molar-refractivity contribution in [2.24, 2.45) is 10.9 Å². The van der Waals surface area contributed by atoms with Crippen LogP contribution in [0.5, 0.6) is 0 Å². The summed E-state index contributed by atoms with van der Waals surface area (Å²) in [5.74, 6) is 1.40. The van der Waals surface area contributed by atoms with Gasteiger partial charge in [0.1, 0.15) is 6.54 Å². The molecule has 23 heavy (non-hydrogen) atoms. The highest BCUT2D eigenvalue weighted by molar-refractivity contribution is 5.84. The van der Waals surface area contributed by atoms with Crippen LogP contribution in [-0.2, 0) is 9.53 Å². The molecule has 1 saturated carbocycles. The van der Waals surface area contributed by atoms with E-state index in [4.69, 9.17) is 4.74 Å². The third kappa shape index (κ3) is 8.21. The van der Waals surface area contributed by atoms with E-state index in [2.05, 4.69) is 22.5 Å². The van der Waals surface area contributed by atoms with Gasteiger partial charge in [0.05, 0.1) is 0 Å². The number of amides is 1. The second-order valence-electron chi connectivity index (χ2n) is 6.44. The van der Waals surface area contributed by atoms with Crippen molar-refractivity contribution in [3.8, 4) is 0 Å². The van der Waals surface area contributed by atoms with Crippen LogP contribution in [0.2, 0.25) is 0 Å². The molecule has 6 nitrogen and oxygen atoms in total. The Balaban J connectivity index is 2.52. The van der Waals surface area contributed by atoms with Crippen molar-refractivity contribution in [3.05, 3.63) is 0 Å². The summed E-state index contributed by atoms with van der Waals surface area (Å²) in [6.07, 6.45) is 5.92. The highest BCUT2D eigenvalue weighted by atomic mass is 16.5. The summed E-state index contributed by atoms with van der Waals surface area (Å²) in [6, 6.07) is 0.441. The molecule has 0 spiro atoms. The van der Waals surface area contributed by atoms with E-state index in [1.54, 1.807) is 19.0 Å². The molecule has 0 heterocycles. The molecule has 1 amide bonds. The van der Waals surface area contributed by atoms with E-state index in [1.807, 2.05) is 6.92 Å². The summed E-state index contributed by atoms with van der Waals surface area (Å²) in [5.41, 5.74) is 0. The largest absolute Gasteiger partial charge is 0.382 e. The Labute approximate surface area is 141 Å². The Bertz CT molecular complexity index is 372. The molecule has 0 aromatic heterocycles. The number of carbonyl (C=O) groups excluding carboxylic acids is 1. The Morgan fingerprint density at radius 2 is 2.04 bits per heavy atom. The highest BCUT2D eigenvalue weighted by Crippen LogP contribution is 2.23. The first-order chi connectivity index (χ1) is 11.0. The fourth-order valence-electron chi connectivity index (χ4n) is 2.67. The van der Waals surface area contributed by atoms with Gasteiger partial charge in [0.15, 0.2) is 5.96 Å². The first kappa shape index (κ1) is 19.7. The van der Waals surface area contributed by atoms with Crippen molar-refractivity contribution in [1.82, 2.24) is 15.5 Å². The lowest BCUT2D eigenvalue weighted by Gasteiger charge is -2.31. The van der Waals surface area contributed by atoms with Gasteiger partial charge >= 0.3 is 0 Å². The Kier molecular flexibility index (Phi) is 9.67. The Hall–Kier alpha value is -1.30. The van der Waals surface area contributed by atoms with E-state index in [9.17, 15) is 4.79 Å². The topological polar surface area (TPSA) is 66.0 Å². The molecule has 0 saturated heterocycles. The van der Waals surface area contributed by atoms with E-state index in [0.29, 0.717) is 12.0 Å². The van der Waals surface area contributed by atoms with E-state index in [0.717, 1.165) is 32.1 Å². The third-order valence-electron chi connectivity index (χ3n) is 4.27. The van der Waals surface area contributed by atoms with Crippen molar-refractivity contribution in [1.29, 1.82) is 0 Å². The molecule has 2 unspecified atom stereocenters. The minimum absolute atomic E-state index is 0.0112. The number of ether oxygens (including phenoxy) is 1. The average molecular weight is 326 g/mol. The van der Waals surface area contributed by atoms with Crippen LogP contribution >= 0.6 is 0 Å². The van der Waals surface area contributed by atoms with Crippen LogP contribution in [0.15, 0.2) is 4.99 Å². The maximum Gasteiger partial charge on any atom is 0.243 e. The van der Waals surface area contributed by atoms with Gasteiger partial charge in [0.25, 0.3) is 0 Å². The van der Waals surface area contributed by atoms with Crippen molar-refractivity contribution in [3.63, 3.8) is 0 Å². The van der Waals surface area contributed by atoms with E-state index < -0.39 is 0 Å². The van der Waals surface area contributed by atoms with E-state index >= 15 is 0 Å². The van der Waals surface area contributed by atoms with E-state index in [-0.39, 0.29) is 12.5 Å². The molecule has 0 radical (unpaired) electrons. The molecule has 0 aliphatic heterocycles. The zero-order chi connectivity index (χ0) is 17.1. The number of nitrogens with zero attached hydrogens (tertiary/aromatic N) is 2. The molecule has 1 aliphatic rings. The number of nitrogens with one attached hydrogen (secondary N) is 2. The summed E-state index contributed by atoms with van der Waals surface area (Å²) < 4.78 is 5.35. The standard InChI is InChI=1S/C17H34N4O2/c1-5-23-12-8-11-18-17(19-13-16(22)21(3)4)20-15-10-7-6-9-14(15)2/h14-15H,5-13H2,1-4H3,(H2,18,19,20). The maximum atomic E-state index is 11.8. The van der Waals surface area contributed by atoms with Crippen molar-refractivity contribution in [2.75, 3.05) is 40.4 Å². The molecular weight excluding hydrogens is 292 g/mol. The maximum absolute atomic E-state index is 11.8. The van der Waals surface area contributed by atoms with Gasteiger partial charge in [-0.2, -0.15) is 0 Å². The lowest BCUT2D eigenvalue weighted by molar-refractivity contribution is -0.127. The molecule has 2 atom stereocenters. The fraction of sp³-hybridized carbons (Fsp3) is 0.882. The fourth-order valence-corrected chi connectivity index (χ4v) is 2.67. The van der Waals surface area contributed by atoms with Gasteiger partial charge in [-0.15, -0.1) is 0 Å². The van der Waals surface area contributed by atoms with E-state index in [1.165, 1.54) is 25.7 Å². The number of carbonyl (C=O) groups is 1. The normalized spacial score (nSPS) is 21.8. The van der Waals surface area contributed by atoms with Crippen LogP contribution in [0.1, 0.15) is 46.0 Å². The van der Waals surface area contributed by atoms with Crippen LogP contribution in [0.4, 0.5) is 0 Å². The third-order valence-corrected chi connectivity index (χ3v) is 4.27. The van der Waals surface area contributed by atoms with Crippen LogP contribution in [0, 0.1) is 5.92 Å². The van der Waals surface area contributed by atoms with Gasteiger partial charge in [0.2, 0.25) is 5.91 Å². The van der Waals surface area contributed by atoms with Crippen LogP contribution in [0.3, 0.4) is 0 Å². The summed E-state index contributed by atoms with van der Waals surface area (Å²) in [6.45, 7) is 6.75. The first-order valence-corrected chi connectivity index (χ1v) is 8.87.